The van der Waals surface area contributed by atoms with Gasteiger partial charge in [0, 0.05) is 18.8 Å². The fraction of sp³-hybridized carbons (Fsp3) is 0.818. The van der Waals surface area contributed by atoms with Gasteiger partial charge in [0.25, 0.3) is 0 Å². The minimum absolute atomic E-state index is 0.00294. The number of carbonyl (C=O) groups excluding carboxylic acids is 2. The molecule has 1 heterocycles. The van der Waals surface area contributed by atoms with Gasteiger partial charge in [-0.1, -0.05) is 13.8 Å². The molecule has 4 aliphatic rings. The number of ketones is 1. The average Bonchev–Trinajstić information content (AvgIpc) is 2.94. The Kier molecular flexibility index (Phi) is 5.80. The molecule has 7 atom stereocenters. The smallest absolute Gasteiger partial charge is 0.449 e. The molecule has 2 N–H and O–H groups in total. The molecule has 0 spiro atoms. The molecule has 0 aromatic carbocycles. The maximum absolute atomic E-state index is 13.7. The first-order valence-electron chi connectivity index (χ1n) is 11.6. The van der Waals surface area contributed by atoms with E-state index in [9.17, 15) is 41.4 Å². The lowest BCUT2D eigenvalue weighted by atomic mass is 9.55. The molecule has 204 valence electrons. The van der Waals surface area contributed by atoms with Gasteiger partial charge >= 0.3 is 21.6 Å². The molecular weight excluding hydrogens is 513 g/mol. The summed E-state index contributed by atoms with van der Waals surface area (Å²) in [5.74, 6) is -4.34. The van der Waals surface area contributed by atoms with E-state index >= 15 is 0 Å². The van der Waals surface area contributed by atoms with Crippen LogP contribution < -0.4 is 0 Å². The number of hydrogen-bond acceptors (Lipinski definition) is 10. The number of rotatable bonds is 6. The molecule has 4 rings (SSSR count). The zero-order valence-corrected chi connectivity index (χ0v) is 21.2. The van der Waals surface area contributed by atoms with Gasteiger partial charge in [-0.2, -0.15) is 21.6 Å². The second kappa shape index (κ2) is 7.65. The number of hydrogen-bond donors (Lipinski definition) is 2. The third-order valence-corrected chi connectivity index (χ3v) is 9.58. The van der Waals surface area contributed by atoms with Crippen molar-refractivity contribution in [1.82, 2.24) is 0 Å². The molecule has 1 aliphatic heterocycles. The van der Waals surface area contributed by atoms with Crippen LogP contribution in [0, 0.1) is 11.3 Å². The van der Waals surface area contributed by atoms with Gasteiger partial charge < -0.3 is 28.6 Å². The number of Topliss-reactive ketones (excluding diaryl/α,β-unsaturated/α-hetero) is 1. The van der Waals surface area contributed by atoms with Gasteiger partial charge in [0.1, 0.15) is 11.7 Å². The molecule has 14 heteroatoms. The van der Waals surface area contributed by atoms with Crippen LogP contribution in [-0.2, 0) is 38.1 Å². The number of halogens is 3. The highest BCUT2D eigenvalue weighted by molar-refractivity contribution is 7.87. The lowest BCUT2D eigenvalue weighted by molar-refractivity contribution is -0.325. The zero-order valence-electron chi connectivity index (χ0n) is 20.4. The van der Waals surface area contributed by atoms with Crippen LogP contribution in [0.2, 0.25) is 0 Å². The van der Waals surface area contributed by atoms with Crippen LogP contribution in [0.25, 0.3) is 0 Å². The summed E-state index contributed by atoms with van der Waals surface area (Å²) < 4.78 is 85.3. The fourth-order valence-electron chi connectivity index (χ4n) is 7.30. The Labute approximate surface area is 205 Å². The van der Waals surface area contributed by atoms with E-state index in [1.807, 2.05) is 0 Å². The van der Waals surface area contributed by atoms with Gasteiger partial charge in [-0.05, 0) is 39.5 Å². The standard InChI is InChI=1S/C22H29F3O10S/c1-6-32-16-11(3)8-9-18(33-7-2)17(5)10-13(26)34-21(16,18)19(28)12(4)14(15(27)20(17,19)29)35-36(30,31)22(23,24)25/h11,16,28-29H,6-10H2,1-5H3/t11?,16?,17-,18-,19?,20-,21?/m0/s1. The lowest BCUT2D eigenvalue weighted by Gasteiger charge is -2.62. The monoisotopic (exact) mass is 542 g/mol. The summed E-state index contributed by atoms with van der Waals surface area (Å²) in [5, 5.41) is 24.6. The number of alkyl halides is 3. The first-order valence-corrected chi connectivity index (χ1v) is 13.0. The largest absolute Gasteiger partial charge is 0.534 e. The Morgan fingerprint density at radius 1 is 1.14 bits per heavy atom. The molecule has 1 saturated heterocycles. The van der Waals surface area contributed by atoms with Crippen LogP contribution in [0.15, 0.2) is 11.3 Å². The maximum Gasteiger partial charge on any atom is 0.534 e. The highest BCUT2D eigenvalue weighted by atomic mass is 32.2. The highest BCUT2D eigenvalue weighted by Gasteiger charge is 2.98. The predicted octanol–water partition coefficient (Wildman–Crippen LogP) is 1.49. The SMILES string of the molecule is CCOC1C(C)CC[C@@]2(OCC)C13OC(=O)C[C@]2(C)[C@@]1(O)C(=O)C(OS(=O)(=O)C(F)(F)F)=C(C)C31O. The van der Waals surface area contributed by atoms with Crippen molar-refractivity contribution in [3.63, 3.8) is 0 Å². The average molecular weight is 543 g/mol. The Morgan fingerprint density at radius 2 is 1.75 bits per heavy atom. The molecule has 3 aliphatic carbocycles. The highest BCUT2D eigenvalue weighted by Crippen LogP contribution is 2.77. The molecule has 2 saturated carbocycles. The lowest BCUT2D eigenvalue weighted by Crippen LogP contribution is -2.78. The van der Waals surface area contributed by atoms with Gasteiger partial charge in [-0.15, -0.1) is 0 Å². The second-order valence-electron chi connectivity index (χ2n) is 10.1. The number of ether oxygens (including phenoxy) is 3. The van der Waals surface area contributed by atoms with Crippen molar-refractivity contribution in [1.29, 1.82) is 0 Å². The van der Waals surface area contributed by atoms with Gasteiger partial charge in [-0.3, -0.25) is 9.59 Å². The molecule has 0 aromatic heterocycles. The fourth-order valence-corrected chi connectivity index (χ4v) is 7.81. The van der Waals surface area contributed by atoms with Crippen molar-refractivity contribution in [3.05, 3.63) is 11.3 Å². The van der Waals surface area contributed by atoms with Crippen LogP contribution in [0.4, 0.5) is 13.2 Å². The molecule has 10 nitrogen and oxygen atoms in total. The Balaban J connectivity index is 2.11. The van der Waals surface area contributed by atoms with E-state index in [0.29, 0.717) is 6.42 Å². The van der Waals surface area contributed by atoms with E-state index in [2.05, 4.69) is 4.18 Å². The third-order valence-electron chi connectivity index (χ3n) is 8.62. The predicted molar refractivity (Wildman–Crippen MR) is 113 cm³/mol. The molecule has 0 aromatic rings. The van der Waals surface area contributed by atoms with Gasteiger partial charge in [-0.25, -0.2) is 0 Å². The Morgan fingerprint density at radius 3 is 2.28 bits per heavy atom. The van der Waals surface area contributed by atoms with Gasteiger partial charge in [0.15, 0.2) is 17.0 Å². The summed E-state index contributed by atoms with van der Waals surface area (Å²) in [7, 11) is -6.35. The van der Waals surface area contributed by atoms with E-state index in [1.165, 1.54) is 6.92 Å². The first-order chi connectivity index (χ1) is 16.4. The summed E-state index contributed by atoms with van der Waals surface area (Å²) in [6.45, 7) is 7.29. The number of esters is 1. The van der Waals surface area contributed by atoms with Crippen LogP contribution in [0.3, 0.4) is 0 Å². The minimum Gasteiger partial charge on any atom is -0.449 e. The van der Waals surface area contributed by atoms with E-state index < -0.39 is 85.0 Å². The molecule has 0 radical (unpaired) electrons. The van der Waals surface area contributed by atoms with Crippen molar-refractivity contribution >= 4 is 21.9 Å². The van der Waals surface area contributed by atoms with Crippen LogP contribution >= 0.6 is 0 Å². The van der Waals surface area contributed by atoms with E-state index in [1.54, 1.807) is 20.8 Å². The van der Waals surface area contributed by atoms with Crippen LogP contribution in [-0.4, -0.2) is 77.6 Å². The number of carbonyl (C=O) groups is 2. The quantitative estimate of drug-likeness (QED) is 0.288. The van der Waals surface area contributed by atoms with Gasteiger partial charge in [0.2, 0.25) is 11.4 Å². The Bertz CT molecular complexity index is 1150. The second-order valence-corrected chi connectivity index (χ2v) is 11.6. The maximum atomic E-state index is 13.7. The Hall–Kier alpha value is -1.74. The van der Waals surface area contributed by atoms with E-state index in [4.69, 9.17) is 14.2 Å². The van der Waals surface area contributed by atoms with Crippen molar-refractivity contribution < 1.29 is 59.8 Å². The van der Waals surface area contributed by atoms with Crippen molar-refractivity contribution in [2.75, 3.05) is 13.2 Å². The summed E-state index contributed by atoms with van der Waals surface area (Å²) in [6.07, 6.45) is -1.34. The molecule has 0 amide bonds. The van der Waals surface area contributed by atoms with Crippen LogP contribution in [0.5, 0.6) is 0 Å². The van der Waals surface area contributed by atoms with E-state index in [-0.39, 0.29) is 19.6 Å². The summed E-state index contributed by atoms with van der Waals surface area (Å²) in [6, 6.07) is 0. The minimum atomic E-state index is -6.35. The third kappa shape index (κ3) is 2.59. The number of fused-ring (bicyclic) bond motifs is 2. The summed E-state index contributed by atoms with van der Waals surface area (Å²) >= 11 is 0. The van der Waals surface area contributed by atoms with Gasteiger partial charge in [0.05, 0.1) is 11.8 Å². The van der Waals surface area contributed by atoms with Crippen molar-refractivity contribution in [3.8, 4) is 0 Å². The summed E-state index contributed by atoms with van der Waals surface area (Å²) in [4.78, 5) is 26.7. The molecule has 3 fully saturated rings. The molecule has 2 bridgehead atoms. The molecular formula is C22H29F3O10S. The van der Waals surface area contributed by atoms with Crippen molar-refractivity contribution in [2.45, 2.75) is 87.9 Å². The summed E-state index contributed by atoms with van der Waals surface area (Å²) in [5.41, 5.74) is -18.6. The normalized spacial score (nSPS) is 44.4. The van der Waals surface area contributed by atoms with Crippen LogP contribution in [0.1, 0.15) is 53.9 Å². The number of aliphatic hydroxyl groups is 2. The zero-order chi connectivity index (χ0) is 27.3. The van der Waals surface area contributed by atoms with Crippen molar-refractivity contribution in [2.24, 2.45) is 11.3 Å². The molecule has 4 unspecified atom stereocenters. The first kappa shape index (κ1) is 27.3. The van der Waals surface area contributed by atoms with E-state index in [0.717, 1.165) is 6.92 Å². The molecule has 36 heavy (non-hydrogen) atoms. The topological polar surface area (TPSA) is 146 Å².